The molecule has 1 N–H and O–H groups in total. The molecule has 1 fully saturated rings. The summed E-state index contributed by atoms with van der Waals surface area (Å²) in [5.74, 6) is 0. The van der Waals surface area contributed by atoms with Gasteiger partial charge in [0.1, 0.15) is 0 Å². The number of β-amino-alcohol motifs (C(OH)–C–C–N with tert-alkyl or cyclic N) is 1. The largest absolute Gasteiger partial charge is 0.391 e. The van der Waals surface area contributed by atoms with E-state index in [1.54, 1.807) is 0 Å². The third kappa shape index (κ3) is 2.71. The summed E-state index contributed by atoms with van der Waals surface area (Å²) in [6.07, 6.45) is 2.30. The summed E-state index contributed by atoms with van der Waals surface area (Å²) in [4.78, 5) is 2.42. The van der Waals surface area contributed by atoms with E-state index >= 15 is 0 Å². The van der Waals surface area contributed by atoms with Crippen molar-refractivity contribution in [3.8, 4) is 0 Å². The lowest BCUT2D eigenvalue weighted by molar-refractivity contribution is 0.0114. The number of hydrogen-bond acceptors (Lipinski definition) is 2. The quantitative estimate of drug-likeness (QED) is 0.737. The molecule has 0 spiro atoms. The highest BCUT2D eigenvalue weighted by Crippen LogP contribution is 2.30. The fourth-order valence-electron chi connectivity index (χ4n) is 1.98. The van der Waals surface area contributed by atoms with Crippen LogP contribution >= 0.6 is 0 Å². The van der Waals surface area contributed by atoms with Crippen LogP contribution in [0.15, 0.2) is 0 Å². The number of hydrogen-bond donors (Lipinski definition) is 1. The summed E-state index contributed by atoms with van der Waals surface area (Å²) in [5, 5.41) is 10.0. The molecule has 0 aromatic rings. The molecule has 0 radical (unpaired) electrons. The standard InChI is InChI=1S/C12H25NO/c1-11(2,3)10(14)9-13-8-6-7-12(13,4)5/h10,14H,6-9H2,1-5H3. The molecule has 0 amide bonds. The number of likely N-dealkylation sites (tertiary alicyclic amines) is 1. The molecule has 2 nitrogen and oxygen atoms in total. The molecule has 1 unspecified atom stereocenters. The first-order valence-corrected chi connectivity index (χ1v) is 5.66. The molecule has 1 rings (SSSR count). The summed E-state index contributed by atoms with van der Waals surface area (Å²) in [5.41, 5.74) is 0.283. The Balaban J connectivity index is 2.52. The van der Waals surface area contributed by atoms with Gasteiger partial charge in [0.15, 0.2) is 0 Å². The first kappa shape index (κ1) is 12.0. The second-order valence-electron chi connectivity index (χ2n) is 6.24. The SMILES string of the molecule is CC(C)(C)C(O)CN1CCCC1(C)C. The van der Waals surface area contributed by atoms with E-state index in [0.717, 1.165) is 13.1 Å². The normalized spacial score (nSPS) is 25.3. The summed E-state index contributed by atoms with van der Waals surface area (Å²) >= 11 is 0. The van der Waals surface area contributed by atoms with Gasteiger partial charge in [0.25, 0.3) is 0 Å². The second kappa shape index (κ2) is 3.82. The molecule has 14 heavy (non-hydrogen) atoms. The van der Waals surface area contributed by atoms with Crippen LogP contribution < -0.4 is 0 Å². The monoisotopic (exact) mass is 199 g/mol. The Morgan fingerprint density at radius 2 is 1.93 bits per heavy atom. The van der Waals surface area contributed by atoms with Crippen LogP contribution in [-0.4, -0.2) is 34.7 Å². The second-order valence-corrected chi connectivity index (χ2v) is 6.24. The summed E-state index contributed by atoms with van der Waals surface area (Å²) in [7, 11) is 0. The van der Waals surface area contributed by atoms with Gasteiger partial charge in [0.2, 0.25) is 0 Å². The maximum absolute atomic E-state index is 10.0. The van der Waals surface area contributed by atoms with Gasteiger partial charge in [-0.2, -0.15) is 0 Å². The van der Waals surface area contributed by atoms with Crippen LogP contribution in [0.2, 0.25) is 0 Å². The third-order valence-corrected chi connectivity index (χ3v) is 3.47. The lowest BCUT2D eigenvalue weighted by Crippen LogP contribution is -2.46. The predicted octanol–water partition coefficient (Wildman–Crippen LogP) is 2.27. The van der Waals surface area contributed by atoms with Crippen molar-refractivity contribution in [1.29, 1.82) is 0 Å². The predicted molar refractivity (Wildman–Crippen MR) is 60.3 cm³/mol. The van der Waals surface area contributed by atoms with Gasteiger partial charge >= 0.3 is 0 Å². The fourth-order valence-corrected chi connectivity index (χ4v) is 1.98. The molecule has 2 heteroatoms. The number of rotatable bonds is 2. The van der Waals surface area contributed by atoms with E-state index in [0.29, 0.717) is 0 Å². The topological polar surface area (TPSA) is 23.5 Å². The highest BCUT2D eigenvalue weighted by atomic mass is 16.3. The zero-order valence-corrected chi connectivity index (χ0v) is 10.3. The van der Waals surface area contributed by atoms with Crippen molar-refractivity contribution in [2.45, 2.75) is 59.1 Å². The zero-order valence-electron chi connectivity index (χ0n) is 10.3. The van der Waals surface area contributed by atoms with Crippen molar-refractivity contribution < 1.29 is 5.11 Å². The van der Waals surface area contributed by atoms with Gasteiger partial charge in [-0.3, -0.25) is 4.90 Å². The van der Waals surface area contributed by atoms with Gasteiger partial charge in [-0.15, -0.1) is 0 Å². The van der Waals surface area contributed by atoms with E-state index in [1.165, 1.54) is 12.8 Å². The van der Waals surface area contributed by atoms with Crippen LogP contribution in [0.25, 0.3) is 0 Å². The molecule has 0 aromatic heterocycles. The van der Waals surface area contributed by atoms with Crippen LogP contribution in [0, 0.1) is 5.41 Å². The van der Waals surface area contributed by atoms with Crippen molar-refractivity contribution >= 4 is 0 Å². The summed E-state index contributed by atoms with van der Waals surface area (Å²) in [6.45, 7) is 12.8. The van der Waals surface area contributed by atoms with E-state index in [-0.39, 0.29) is 17.1 Å². The van der Waals surface area contributed by atoms with E-state index < -0.39 is 0 Å². The maximum Gasteiger partial charge on any atom is 0.0715 e. The van der Waals surface area contributed by atoms with E-state index in [9.17, 15) is 5.11 Å². The fraction of sp³-hybridized carbons (Fsp3) is 1.00. The third-order valence-electron chi connectivity index (χ3n) is 3.47. The minimum atomic E-state index is -0.222. The Labute approximate surface area is 88.3 Å². The molecule has 0 saturated carbocycles. The van der Waals surface area contributed by atoms with E-state index in [4.69, 9.17) is 0 Å². The van der Waals surface area contributed by atoms with Crippen molar-refractivity contribution in [2.24, 2.45) is 5.41 Å². The molecule has 0 bridgehead atoms. The number of aliphatic hydroxyl groups excluding tert-OH is 1. The van der Waals surface area contributed by atoms with E-state index in [2.05, 4.69) is 39.5 Å². The minimum absolute atomic E-state index is 0.00132. The molecule has 1 atom stereocenters. The minimum Gasteiger partial charge on any atom is -0.391 e. The molecule has 84 valence electrons. The van der Waals surface area contributed by atoms with Crippen LogP contribution in [0.3, 0.4) is 0 Å². The Morgan fingerprint density at radius 1 is 1.36 bits per heavy atom. The lowest BCUT2D eigenvalue weighted by atomic mass is 9.88. The number of nitrogens with zero attached hydrogens (tertiary/aromatic N) is 1. The Bertz CT molecular complexity index is 193. The van der Waals surface area contributed by atoms with Crippen LogP contribution in [0.4, 0.5) is 0 Å². The molecule has 1 heterocycles. The average Bonchev–Trinajstić information content (AvgIpc) is 2.29. The first-order chi connectivity index (χ1) is 6.23. The van der Waals surface area contributed by atoms with Crippen molar-refractivity contribution in [3.05, 3.63) is 0 Å². The Hall–Kier alpha value is -0.0800. The van der Waals surface area contributed by atoms with Crippen molar-refractivity contribution in [1.82, 2.24) is 4.90 Å². The lowest BCUT2D eigenvalue weighted by Gasteiger charge is -2.36. The van der Waals surface area contributed by atoms with Gasteiger partial charge < -0.3 is 5.11 Å². The Kier molecular flexibility index (Phi) is 3.27. The number of aliphatic hydroxyl groups is 1. The van der Waals surface area contributed by atoms with Crippen LogP contribution in [0.5, 0.6) is 0 Å². The summed E-state index contributed by atoms with van der Waals surface area (Å²) < 4.78 is 0. The van der Waals surface area contributed by atoms with Gasteiger partial charge in [0.05, 0.1) is 6.10 Å². The molecule has 1 aliphatic rings. The van der Waals surface area contributed by atoms with Gasteiger partial charge in [0, 0.05) is 12.1 Å². The van der Waals surface area contributed by atoms with Gasteiger partial charge in [-0.1, -0.05) is 20.8 Å². The van der Waals surface area contributed by atoms with Crippen molar-refractivity contribution in [3.63, 3.8) is 0 Å². The highest BCUT2D eigenvalue weighted by molar-refractivity contribution is 4.90. The maximum atomic E-state index is 10.0. The van der Waals surface area contributed by atoms with Gasteiger partial charge in [-0.05, 0) is 38.6 Å². The average molecular weight is 199 g/mol. The van der Waals surface area contributed by atoms with E-state index in [1.807, 2.05) is 0 Å². The molecule has 0 aliphatic carbocycles. The van der Waals surface area contributed by atoms with Crippen molar-refractivity contribution in [2.75, 3.05) is 13.1 Å². The molecular formula is C12H25NO. The molecule has 1 saturated heterocycles. The Morgan fingerprint density at radius 3 is 2.29 bits per heavy atom. The highest BCUT2D eigenvalue weighted by Gasteiger charge is 2.35. The first-order valence-electron chi connectivity index (χ1n) is 5.66. The van der Waals surface area contributed by atoms with Crippen LogP contribution in [0.1, 0.15) is 47.5 Å². The zero-order chi connectivity index (χ0) is 11.0. The molecular weight excluding hydrogens is 174 g/mol. The van der Waals surface area contributed by atoms with Crippen LogP contribution in [-0.2, 0) is 0 Å². The smallest absolute Gasteiger partial charge is 0.0715 e. The molecule has 1 aliphatic heterocycles. The summed E-state index contributed by atoms with van der Waals surface area (Å²) in [6, 6.07) is 0. The van der Waals surface area contributed by atoms with Gasteiger partial charge in [-0.25, -0.2) is 0 Å². The molecule has 0 aromatic carbocycles.